The topological polar surface area (TPSA) is 78.9 Å². The maximum absolute atomic E-state index is 12.9. The van der Waals surface area contributed by atoms with Crippen LogP contribution < -0.4 is 0 Å². The number of carbonyl (C=O) groups excluding carboxylic acids is 3. The Balaban J connectivity index is 4.44. The Morgan fingerprint density at radius 3 is 0.768 bits per heavy atom. The SMILES string of the molecule is CC/C=C\C/C=C\C/C=C\C/C=C\C/C=C\C/C=C\C/C=C\C/C=C\C/C=C\C/C=C\CCCCC(=O)OCC(COC(=O)CCCCCCC/C=C\C/C=C\CCCC)OC(=O)CCCCCCCCC/C=C\C/C=C\C/C=C\CC. The fraction of sp³-hybridized carbons (Fsp3) is 0.566. The van der Waals surface area contributed by atoms with Gasteiger partial charge in [0, 0.05) is 19.3 Å². The van der Waals surface area contributed by atoms with Gasteiger partial charge in [-0.1, -0.05) is 267 Å². The van der Waals surface area contributed by atoms with Gasteiger partial charge in [-0.25, -0.2) is 0 Å². The summed E-state index contributed by atoms with van der Waals surface area (Å²) in [6.07, 6.45) is 102. The fourth-order valence-corrected chi connectivity index (χ4v) is 8.26. The summed E-state index contributed by atoms with van der Waals surface area (Å²) in [7, 11) is 0. The molecule has 0 amide bonds. The van der Waals surface area contributed by atoms with Crippen molar-refractivity contribution in [3.63, 3.8) is 0 Å². The smallest absolute Gasteiger partial charge is 0.306 e. The number of hydrogen-bond acceptors (Lipinski definition) is 6. The van der Waals surface area contributed by atoms with Gasteiger partial charge in [-0.05, 0) is 154 Å². The molecule has 0 aliphatic carbocycles. The van der Waals surface area contributed by atoms with Gasteiger partial charge >= 0.3 is 17.9 Å². The van der Waals surface area contributed by atoms with E-state index in [1.54, 1.807) is 0 Å². The number of hydrogen-bond donors (Lipinski definition) is 0. The number of allylic oxidation sites excluding steroid dienone is 30. The minimum absolute atomic E-state index is 0.111. The van der Waals surface area contributed by atoms with E-state index in [0.717, 1.165) is 173 Å². The van der Waals surface area contributed by atoms with E-state index < -0.39 is 6.10 Å². The fourth-order valence-electron chi connectivity index (χ4n) is 8.26. The van der Waals surface area contributed by atoms with Crippen molar-refractivity contribution in [1.29, 1.82) is 0 Å². The molecule has 1 unspecified atom stereocenters. The molecule has 0 radical (unpaired) electrons. The van der Waals surface area contributed by atoms with Crippen LogP contribution in [0, 0.1) is 0 Å². The van der Waals surface area contributed by atoms with Crippen molar-refractivity contribution in [2.45, 2.75) is 264 Å². The highest BCUT2D eigenvalue weighted by Crippen LogP contribution is 2.14. The zero-order valence-electron chi connectivity index (χ0n) is 52.4. The standard InChI is InChI=1S/C76H118O6/c1-4-7-10-13-16-19-22-25-28-30-31-32-33-34-35-36-37-38-39-40-41-42-43-44-45-47-48-51-54-57-60-63-66-69-75(78)81-72-73(71-80-74(77)68-65-62-59-56-53-50-27-24-21-18-15-12-9-6-3)82-76(79)70-67-64-61-58-55-52-49-46-29-26-23-20-17-14-11-8-5-2/h7-8,10-11,15-20,24-29,31-32,34-35,37-38,40-41,43-44,47-48,54,57,73H,4-6,9,12-14,21-23,30,33,36,39,42,45-46,49-53,55-56,58-72H2,1-3H3/b10-7-,11-8-,18-15-,19-16-,20-17-,27-24-,28-25-,29-26-,32-31-,35-34-,38-37-,41-40-,44-43-,48-47-,57-54-. The molecule has 0 bridgehead atoms. The molecule has 0 rings (SSSR count). The van der Waals surface area contributed by atoms with Crippen LogP contribution in [0.2, 0.25) is 0 Å². The van der Waals surface area contributed by atoms with Crippen molar-refractivity contribution in [1.82, 2.24) is 0 Å². The lowest BCUT2D eigenvalue weighted by Gasteiger charge is -2.18. The average molecular weight is 1130 g/mol. The third-order valence-corrected chi connectivity index (χ3v) is 13.1. The molecule has 0 saturated carbocycles. The Morgan fingerprint density at radius 2 is 0.476 bits per heavy atom. The maximum Gasteiger partial charge on any atom is 0.306 e. The quantitative estimate of drug-likeness (QED) is 0.0261. The van der Waals surface area contributed by atoms with Crippen LogP contribution >= 0.6 is 0 Å². The van der Waals surface area contributed by atoms with Crippen molar-refractivity contribution >= 4 is 17.9 Å². The number of unbranched alkanes of at least 4 members (excludes halogenated alkanes) is 16. The molecule has 0 N–H and O–H groups in total. The molecule has 1 atom stereocenters. The molecule has 0 aromatic heterocycles. The van der Waals surface area contributed by atoms with Crippen LogP contribution in [0.5, 0.6) is 0 Å². The van der Waals surface area contributed by atoms with E-state index >= 15 is 0 Å². The van der Waals surface area contributed by atoms with Crippen molar-refractivity contribution in [3.05, 3.63) is 182 Å². The summed E-state index contributed by atoms with van der Waals surface area (Å²) in [4.78, 5) is 38.3. The van der Waals surface area contributed by atoms with E-state index in [-0.39, 0.29) is 37.5 Å². The summed E-state index contributed by atoms with van der Waals surface area (Å²) in [5.41, 5.74) is 0. The summed E-state index contributed by atoms with van der Waals surface area (Å²) >= 11 is 0. The minimum atomic E-state index is -0.818. The first kappa shape index (κ1) is 76.5. The Bertz CT molecular complexity index is 1920. The van der Waals surface area contributed by atoms with Gasteiger partial charge < -0.3 is 14.2 Å². The lowest BCUT2D eigenvalue weighted by Crippen LogP contribution is -2.30. The number of ether oxygens (including phenoxy) is 3. The van der Waals surface area contributed by atoms with Crippen LogP contribution in [-0.2, 0) is 28.6 Å². The van der Waals surface area contributed by atoms with Crippen molar-refractivity contribution in [2.24, 2.45) is 0 Å². The van der Waals surface area contributed by atoms with Gasteiger partial charge in [0.05, 0.1) is 0 Å². The molecule has 82 heavy (non-hydrogen) atoms. The molecular weight excluding hydrogens is 1010 g/mol. The Morgan fingerprint density at radius 1 is 0.256 bits per heavy atom. The van der Waals surface area contributed by atoms with Gasteiger partial charge in [-0.2, -0.15) is 0 Å². The van der Waals surface area contributed by atoms with E-state index in [0.29, 0.717) is 19.3 Å². The van der Waals surface area contributed by atoms with Gasteiger partial charge in [-0.15, -0.1) is 0 Å². The van der Waals surface area contributed by atoms with Crippen LogP contribution in [0.1, 0.15) is 258 Å². The monoisotopic (exact) mass is 1130 g/mol. The molecule has 0 fully saturated rings. The summed E-state index contributed by atoms with van der Waals surface area (Å²) in [5.74, 6) is -0.986. The number of carbonyl (C=O) groups is 3. The van der Waals surface area contributed by atoms with Crippen LogP contribution in [-0.4, -0.2) is 37.2 Å². The van der Waals surface area contributed by atoms with Crippen LogP contribution in [0.3, 0.4) is 0 Å². The Labute approximate surface area is 504 Å². The zero-order chi connectivity index (χ0) is 59.2. The van der Waals surface area contributed by atoms with Gasteiger partial charge in [-0.3, -0.25) is 14.4 Å². The predicted molar refractivity (Wildman–Crippen MR) is 357 cm³/mol. The van der Waals surface area contributed by atoms with Gasteiger partial charge in [0.2, 0.25) is 0 Å². The van der Waals surface area contributed by atoms with Gasteiger partial charge in [0.15, 0.2) is 6.10 Å². The highest BCUT2D eigenvalue weighted by Gasteiger charge is 2.19. The Kier molecular flexibility index (Phi) is 63.5. The number of rotatable bonds is 57. The first-order valence-corrected chi connectivity index (χ1v) is 32.8. The first-order chi connectivity index (χ1) is 40.5. The molecular formula is C76H118O6. The average Bonchev–Trinajstić information content (AvgIpc) is 3.47. The lowest BCUT2D eigenvalue weighted by molar-refractivity contribution is -0.167. The molecule has 6 nitrogen and oxygen atoms in total. The van der Waals surface area contributed by atoms with E-state index in [1.165, 1.54) is 38.5 Å². The third-order valence-electron chi connectivity index (χ3n) is 13.1. The molecule has 6 heteroatoms. The summed E-state index contributed by atoms with van der Waals surface area (Å²) in [6.45, 7) is 6.31. The van der Waals surface area contributed by atoms with Gasteiger partial charge in [0.25, 0.3) is 0 Å². The second-order valence-electron chi connectivity index (χ2n) is 20.9. The summed E-state index contributed by atoms with van der Waals surface area (Å²) in [5, 5.41) is 0. The van der Waals surface area contributed by atoms with Crippen LogP contribution in [0.25, 0.3) is 0 Å². The van der Waals surface area contributed by atoms with Crippen molar-refractivity contribution in [2.75, 3.05) is 13.2 Å². The van der Waals surface area contributed by atoms with Gasteiger partial charge in [0.1, 0.15) is 13.2 Å². The Hall–Kier alpha value is -5.49. The highest BCUT2D eigenvalue weighted by atomic mass is 16.6. The van der Waals surface area contributed by atoms with Crippen LogP contribution in [0.15, 0.2) is 182 Å². The molecule has 0 aliphatic rings. The van der Waals surface area contributed by atoms with E-state index in [4.69, 9.17) is 14.2 Å². The van der Waals surface area contributed by atoms with Crippen molar-refractivity contribution in [3.8, 4) is 0 Å². The van der Waals surface area contributed by atoms with Crippen molar-refractivity contribution < 1.29 is 28.6 Å². The predicted octanol–water partition coefficient (Wildman–Crippen LogP) is 22.8. The maximum atomic E-state index is 12.9. The third kappa shape index (κ3) is 65.3. The molecule has 0 spiro atoms. The summed E-state index contributed by atoms with van der Waals surface area (Å²) < 4.78 is 16.9. The molecule has 0 aliphatic heterocycles. The number of esters is 3. The second kappa shape index (κ2) is 68.0. The normalized spacial score (nSPS) is 13.4. The lowest BCUT2D eigenvalue weighted by atomic mass is 10.1. The second-order valence-corrected chi connectivity index (χ2v) is 20.9. The molecule has 0 saturated heterocycles. The highest BCUT2D eigenvalue weighted by molar-refractivity contribution is 5.71. The molecule has 458 valence electrons. The summed E-state index contributed by atoms with van der Waals surface area (Å²) in [6, 6.07) is 0. The molecule has 0 aromatic carbocycles. The van der Waals surface area contributed by atoms with E-state index in [2.05, 4.69) is 203 Å². The van der Waals surface area contributed by atoms with E-state index in [1.807, 2.05) is 0 Å². The zero-order valence-corrected chi connectivity index (χ0v) is 52.4. The molecule has 0 heterocycles. The molecule has 0 aromatic rings. The van der Waals surface area contributed by atoms with Crippen LogP contribution in [0.4, 0.5) is 0 Å². The largest absolute Gasteiger partial charge is 0.462 e. The van der Waals surface area contributed by atoms with E-state index in [9.17, 15) is 14.4 Å². The first-order valence-electron chi connectivity index (χ1n) is 32.8. The minimum Gasteiger partial charge on any atom is -0.462 e.